The molecule has 2 aromatic rings. The molecule has 3 nitrogen and oxygen atoms in total. The first-order valence-electron chi connectivity index (χ1n) is 8.89. The van der Waals surface area contributed by atoms with Crippen LogP contribution in [0.3, 0.4) is 0 Å². The molecule has 1 fully saturated rings. The van der Waals surface area contributed by atoms with Crippen molar-refractivity contribution in [2.75, 3.05) is 6.54 Å². The quantitative estimate of drug-likeness (QED) is 0.632. The molecule has 9 heteroatoms. The number of carboxylic acids is 1. The SMILES string of the molecule is O=C(O)C1CCCCN1C(c1ccc(Cl)c(C(F)(F)F)c1)c1ccc(F)cc1F. The van der Waals surface area contributed by atoms with Crippen LogP contribution in [0.25, 0.3) is 0 Å². The largest absolute Gasteiger partial charge is 0.480 e. The second-order valence-corrected chi connectivity index (χ2v) is 7.30. The van der Waals surface area contributed by atoms with Gasteiger partial charge in [0.1, 0.15) is 17.7 Å². The van der Waals surface area contributed by atoms with Gasteiger partial charge in [0.15, 0.2) is 0 Å². The van der Waals surface area contributed by atoms with E-state index < -0.39 is 46.4 Å². The predicted octanol–water partition coefficient (Wildman–Crippen LogP) is 5.67. The Hall–Kier alpha value is -2.19. The summed E-state index contributed by atoms with van der Waals surface area (Å²) in [7, 11) is 0. The van der Waals surface area contributed by atoms with Crippen LogP contribution in [0.2, 0.25) is 5.02 Å². The van der Waals surface area contributed by atoms with Gasteiger partial charge in [-0.3, -0.25) is 9.69 Å². The summed E-state index contributed by atoms with van der Waals surface area (Å²) < 4.78 is 68.1. The molecule has 156 valence electrons. The Morgan fingerprint density at radius 1 is 1.14 bits per heavy atom. The Morgan fingerprint density at radius 2 is 1.86 bits per heavy atom. The summed E-state index contributed by atoms with van der Waals surface area (Å²) in [5.41, 5.74) is -1.18. The first-order valence-corrected chi connectivity index (χ1v) is 9.27. The molecule has 0 radical (unpaired) electrons. The molecule has 1 aliphatic heterocycles. The lowest BCUT2D eigenvalue weighted by molar-refractivity contribution is -0.145. The van der Waals surface area contributed by atoms with E-state index in [-0.39, 0.29) is 24.1 Å². The van der Waals surface area contributed by atoms with Crippen molar-refractivity contribution >= 4 is 17.6 Å². The highest BCUT2D eigenvalue weighted by Gasteiger charge is 2.38. The zero-order valence-electron chi connectivity index (χ0n) is 15.0. The van der Waals surface area contributed by atoms with Gasteiger partial charge in [0, 0.05) is 11.6 Å². The summed E-state index contributed by atoms with van der Waals surface area (Å²) in [6.07, 6.45) is -3.25. The highest BCUT2D eigenvalue weighted by atomic mass is 35.5. The third-order valence-corrected chi connectivity index (χ3v) is 5.36. The normalized spacial score (nSPS) is 19.2. The van der Waals surface area contributed by atoms with Crippen molar-refractivity contribution in [1.82, 2.24) is 4.90 Å². The number of piperidine rings is 1. The fraction of sp³-hybridized carbons (Fsp3) is 0.350. The molecule has 0 spiro atoms. The Labute approximate surface area is 168 Å². The summed E-state index contributed by atoms with van der Waals surface area (Å²) in [5, 5.41) is 9.08. The molecule has 1 aliphatic rings. The van der Waals surface area contributed by atoms with E-state index in [1.165, 1.54) is 11.0 Å². The number of hydrogen-bond acceptors (Lipinski definition) is 2. The Balaban J connectivity index is 2.19. The molecule has 2 unspecified atom stereocenters. The number of aliphatic carboxylic acids is 1. The van der Waals surface area contributed by atoms with E-state index in [2.05, 4.69) is 0 Å². The molecule has 29 heavy (non-hydrogen) atoms. The van der Waals surface area contributed by atoms with E-state index in [9.17, 15) is 31.9 Å². The van der Waals surface area contributed by atoms with E-state index in [1.54, 1.807) is 0 Å². The number of hydrogen-bond donors (Lipinski definition) is 1. The Morgan fingerprint density at radius 3 is 2.48 bits per heavy atom. The van der Waals surface area contributed by atoms with Gasteiger partial charge in [0.2, 0.25) is 0 Å². The first kappa shape index (κ1) is 21.5. The third kappa shape index (κ3) is 4.53. The third-order valence-electron chi connectivity index (χ3n) is 5.03. The second-order valence-electron chi connectivity index (χ2n) is 6.89. The van der Waals surface area contributed by atoms with Crippen molar-refractivity contribution in [3.63, 3.8) is 0 Å². The molecular formula is C20H17ClF5NO2. The van der Waals surface area contributed by atoms with Crippen molar-refractivity contribution in [2.45, 2.75) is 37.5 Å². The minimum atomic E-state index is -4.74. The summed E-state index contributed by atoms with van der Waals surface area (Å²) >= 11 is 5.70. The van der Waals surface area contributed by atoms with Crippen LogP contribution in [0, 0.1) is 11.6 Å². The van der Waals surface area contributed by atoms with Crippen LogP contribution in [0.15, 0.2) is 36.4 Å². The maximum atomic E-state index is 14.6. The van der Waals surface area contributed by atoms with Crippen LogP contribution in [-0.4, -0.2) is 28.6 Å². The molecule has 0 aliphatic carbocycles. The van der Waals surface area contributed by atoms with Crippen LogP contribution in [-0.2, 0) is 11.0 Å². The molecule has 1 saturated heterocycles. The van der Waals surface area contributed by atoms with Crippen LogP contribution in [0.4, 0.5) is 22.0 Å². The van der Waals surface area contributed by atoms with Gasteiger partial charge in [-0.2, -0.15) is 13.2 Å². The minimum absolute atomic E-state index is 0.0281. The zero-order valence-corrected chi connectivity index (χ0v) is 15.8. The lowest BCUT2D eigenvalue weighted by Gasteiger charge is -2.40. The fourth-order valence-electron chi connectivity index (χ4n) is 3.73. The summed E-state index contributed by atoms with van der Waals surface area (Å²) in [4.78, 5) is 13.2. The monoisotopic (exact) mass is 433 g/mol. The molecule has 2 aromatic carbocycles. The molecule has 3 rings (SSSR count). The number of benzene rings is 2. The molecule has 2 atom stereocenters. The van der Waals surface area contributed by atoms with E-state index in [1.807, 2.05) is 0 Å². The van der Waals surface area contributed by atoms with Crippen LogP contribution in [0.1, 0.15) is 42.0 Å². The van der Waals surface area contributed by atoms with Gasteiger partial charge < -0.3 is 5.11 Å². The van der Waals surface area contributed by atoms with E-state index in [4.69, 9.17) is 11.6 Å². The van der Waals surface area contributed by atoms with Crippen molar-refractivity contribution in [3.05, 3.63) is 69.7 Å². The molecule has 1 heterocycles. The van der Waals surface area contributed by atoms with Gasteiger partial charge in [0.25, 0.3) is 0 Å². The van der Waals surface area contributed by atoms with Crippen molar-refractivity contribution < 1.29 is 31.9 Å². The number of alkyl halides is 3. The van der Waals surface area contributed by atoms with Gasteiger partial charge in [-0.05, 0) is 43.1 Å². The van der Waals surface area contributed by atoms with Gasteiger partial charge >= 0.3 is 12.1 Å². The Kier molecular flexibility index (Phi) is 6.14. The fourth-order valence-corrected chi connectivity index (χ4v) is 3.96. The Bertz CT molecular complexity index is 918. The average molecular weight is 434 g/mol. The van der Waals surface area contributed by atoms with Crippen molar-refractivity contribution in [1.29, 1.82) is 0 Å². The summed E-state index contributed by atoms with van der Waals surface area (Å²) in [5.74, 6) is -2.96. The molecular weight excluding hydrogens is 417 g/mol. The maximum Gasteiger partial charge on any atom is 0.417 e. The molecule has 0 saturated carbocycles. The number of likely N-dealkylation sites (tertiary alicyclic amines) is 1. The van der Waals surface area contributed by atoms with Gasteiger partial charge in [-0.15, -0.1) is 0 Å². The molecule has 1 N–H and O–H groups in total. The number of halogens is 6. The minimum Gasteiger partial charge on any atom is -0.480 e. The maximum absolute atomic E-state index is 14.6. The number of nitrogens with zero attached hydrogens (tertiary/aromatic N) is 1. The second kappa shape index (κ2) is 8.28. The summed E-state index contributed by atoms with van der Waals surface area (Å²) in [6.45, 7) is 0.239. The van der Waals surface area contributed by atoms with E-state index >= 15 is 0 Å². The van der Waals surface area contributed by atoms with Crippen LogP contribution < -0.4 is 0 Å². The lowest BCUT2D eigenvalue weighted by atomic mass is 9.90. The highest BCUT2D eigenvalue weighted by molar-refractivity contribution is 6.31. The zero-order chi connectivity index (χ0) is 21.3. The number of carboxylic acid groups (broad SMARTS) is 1. The van der Waals surface area contributed by atoms with Crippen molar-refractivity contribution in [2.24, 2.45) is 0 Å². The number of carbonyl (C=O) groups is 1. The topological polar surface area (TPSA) is 40.5 Å². The van der Waals surface area contributed by atoms with E-state index in [0.29, 0.717) is 18.9 Å². The van der Waals surface area contributed by atoms with Crippen LogP contribution in [0.5, 0.6) is 0 Å². The molecule has 0 bridgehead atoms. The van der Waals surface area contributed by atoms with Crippen LogP contribution >= 0.6 is 11.6 Å². The van der Waals surface area contributed by atoms with E-state index in [0.717, 1.165) is 24.3 Å². The predicted molar refractivity (Wildman–Crippen MR) is 96.6 cm³/mol. The van der Waals surface area contributed by atoms with Gasteiger partial charge in [-0.1, -0.05) is 30.2 Å². The lowest BCUT2D eigenvalue weighted by Crippen LogP contribution is -2.47. The molecule has 0 aromatic heterocycles. The van der Waals surface area contributed by atoms with Crippen molar-refractivity contribution in [3.8, 4) is 0 Å². The number of rotatable bonds is 4. The smallest absolute Gasteiger partial charge is 0.417 e. The van der Waals surface area contributed by atoms with Gasteiger partial charge in [0.05, 0.1) is 16.6 Å². The highest BCUT2D eigenvalue weighted by Crippen LogP contribution is 2.40. The molecule has 0 amide bonds. The first-order chi connectivity index (χ1) is 13.6. The summed E-state index contributed by atoms with van der Waals surface area (Å²) in [6, 6.07) is 3.74. The average Bonchev–Trinajstić information content (AvgIpc) is 2.64. The standard InChI is InChI=1S/C20H17ClF5NO2/c21-15-7-4-11(9-14(15)20(24,25)26)18(13-6-5-12(22)10-16(13)23)27-8-2-1-3-17(27)19(28)29/h4-7,9-10,17-18H,1-3,8H2,(H,28,29). The van der Waals surface area contributed by atoms with Gasteiger partial charge in [-0.25, -0.2) is 8.78 Å².